The van der Waals surface area contributed by atoms with Gasteiger partial charge >= 0.3 is 11.9 Å². The predicted octanol–water partition coefficient (Wildman–Crippen LogP) is 5.86. The van der Waals surface area contributed by atoms with Crippen molar-refractivity contribution in [3.05, 3.63) is 90.6 Å². The molecule has 1 aromatic heterocycles. The molecule has 0 bridgehead atoms. The molecule has 0 saturated carbocycles. The Labute approximate surface area is 209 Å². The maximum atomic E-state index is 11.2. The van der Waals surface area contributed by atoms with Gasteiger partial charge in [0.15, 0.2) is 6.26 Å². The number of aliphatic carboxylic acids is 1. The van der Waals surface area contributed by atoms with E-state index in [0.717, 1.165) is 46.0 Å². The number of benzene rings is 3. The van der Waals surface area contributed by atoms with Crippen LogP contribution in [-0.4, -0.2) is 35.1 Å². The zero-order chi connectivity index (χ0) is 24.7. The Kier molecular flexibility index (Phi) is 7.26. The average Bonchev–Trinajstić information content (AvgIpc) is 3.47. The number of aryl methyl sites for hydroxylation is 1. The van der Waals surface area contributed by atoms with Crippen LogP contribution in [0.3, 0.4) is 0 Å². The van der Waals surface area contributed by atoms with Crippen molar-refractivity contribution in [3.8, 4) is 5.75 Å². The Morgan fingerprint density at radius 3 is 2.47 bits per heavy atom. The van der Waals surface area contributed by atoms with Gasteiger partial charge in [0.2, 0.25) is 6.29 Å². The highest BCUT2D eigenvalue weighted by atomic mass is 16.8. The van der Waals surface area contributed by atoms with Crippen LogP contribution in [0.15, 0.2) is 85.0 Å². The third-order valence-electron chi connectivity index (χ3n) is 6.15. The van der Waals surface area contributed by atoms with Crippen LogP contribution in [0.5, 0.6) is 5.75 Å². The van der Waals surface area contributed by atoms with Crippen LogP contribution in [0.1, 0.15) is 24.8 Å². The van der Waals surface area contributed by atoms with E-state index in [1.165, 1.54) is 6.26 Å². The maximum absolute atomic E-state index is 11.2. The lowest BCUT2D eigenvalue weighted by molar-refractivity contribution is -0.137. The molecule has 5 rings (SSSR count). The van der Waals surface area contributed by atoms with Gasteiger partial charge in [-0.25, -0.2) is 0 Å². The third-order valence-corrected chi connectivity index (χ3v) is 6.15. The van der Waals surface area contributed by atoms with Crippen molar-refractivity contribution in [1.82, 2.24) is 4.57 Å². The molecule has 0 saturated heterocycles. The summed E-state index contributed by atoms with van der Waals surface area (Å²) in [5.41, 5.74) is 3.16. The van der Waals surface area contributed by atoms with E-state index in [1.807, 2.05) is 66.7 Å². The van der Waals surface area contributed by atoms with Crippen molar-refractivity contribution in [2.24, 2.45) is 0 Å². The van der Waals surface area contributed by atoms with Crippen LogP contribution in [0, 0.1) is 0 Å². The Morgan fingerprint density at radius 1 is 0.889 bits per heavy atom. The predicted molar refractivity (Wildman–Crippen MR) is 137 cm³/mol. The van der Waals surface area contributed by atoms with Crippen molar-refractivity contribution < 1.29 is 28.8 Å². The van der Waals surface area contributed by atoms with E-state index in [1.54, 1.807) is 0 Å². The van der Waals surface area contributed by atoms with Gasteiger partial charge < -0.3 is 28.6 Å². The van der Waals surface area contributed by atoms with Gasteiger partial charge in [-0.3, -0.25) is 4.79 Å². The van der Waals surface area contributed by atoms with E-state index >= 15 is 0 Å². The average molecular weight is 488 g/mol. The van der Waals surface area contributed by atoms with Gasteiger partial charge in [-0.05, 0) is 36.6 Å². The number of nitrogens with zero attached hydrogens (tertiary/aromatic N) is 1. The summed E-state index contributed by atoms with van der Waals surface area (Å²) >= 11 is 0. The van der Waals surface area contributed by atoms with E-state index in [9.17, 15) is 9.90 Å². The summed E-state index contributed by atoms with van der Waals surface area (Å²) in [6.45, 7) is 1.48. The summed E-state index contributed by atoms with van der Waals surface area (Å²) in [5, 5.41) is 11.4. The highest BCUT2D eigenvalue weighted by Gasteiger charge is 2.21. The van der Waals surface area contributed by atoms with Crippen molar-refractivity contribution in [3.63, 3.8) is 0 Å². The molecule has 7 nitrogen and oxygen atoms in total. The fourth-order valence-electron chi connectivity index (χ4n) is 4.42. The Morgan fingerprint density at radius 2 is 1.64 bits per heavy atom. The molecular formula is C29H29NO6. The van der Waals surface area contributed by atoms with Crippen molar-refractivity contribution in [2.75, 3.05) is 13.2 Å². The zero-order valence-corrected chi connectivity index (χ0v) is 20.0. The summed E-state index contributed by atoms with van der Waals surface area (Å²) in [6.07, 6.45) is 3.54. The quantitative estimate of drug-likeness (QED) is 0.252. The first-order valence-electron chi connectivity index (χ1n) is 12.2. The molecule has 1 unspecified atom stereocenters. The molecule has 0 amide bonds. The first-order chi connectivity index (χ1) is 17.7. The number of rotatable bonds is 12. The molecule has 36 heavy (non-hydrogen) atoms. The first-order valence-corrected chi connectivity index (χ1v) is 12.2. The number of hydrogen-bond acceptors (Lipinski definition) is 5. The third kappa shape index (κ3) is 5.57. The first kappa shape index (κ1) is 23.6. The molecule has 0 aliphatic carbocycles. The largest absolute Gasteiger partial charge is 0.494 e. The summed E-state index contributed by atoms with van der Waals surface area (Å²) < 4.78 is 25.0. The topological polar surface area (TPSA) is 79.2 Å². The van der Waals surface area contributed by atoms with E-state index in [0.29, 0.717) is 32.1 Å². The lowest BCUT2D eigenvalue weighted by Crippen LogP contribution is -2.12. The van der Waals surface area contributed by atoms with Gasteiger partial charge in [-0.1, -0.05) is 48.5 Å². The van der Waals surface area contributed by atoms with E-state index in [4.69, 9.17) is 18.9 Å². The Balaban J connectivity index is 1.09. The fraction of sp³-hybridized carbons (Fsp3) is 0.276. The number of hydrogen-bond donors (Lipinski definition) is 1. The van der Waals surface area contributed by atoms with Gasteiger partial charge in [0.05, 0.1) is 25.2 Å². The highest BCUT2D eigenvalue weighted by Crippen LogP contribution is 2.32. The molecule has 3 aromatic carbocycles. The second-order valence-corrected chi connectivity index (χ2v) is 8.71. The SMILES string of the molecule is O=C(O)CCn1c2ccccc2c2ccc(OCCCCOC3=COC(Cc4ccccc4)O3)cc21. The second kappa shape index (κ2) is 11.1. The zero-order valence-electron chi connectivity index (χ0n) is 20.0. The number of para-hydroxylation sites is 1. The minimum atomic E-state index is -0.812. The van der Waals surface area contributed by atoms with Crippen molar-refractivity contribution in [1.29, 1.82) is 0 Å². The maximum Gasteiger partial charge on any atom is 0.318 e. The van der Waals surface area contributed by atoms with E-state index in [-0.39, 0.29) is 12.7 Å². The van der Waals surface area contributed by atoms with E-state index < -0.39 is 5.97 Å². The van der Waals surface area contributed by atoms with Gasteiger partial charge in [-0.15, -0.1) is 0 Å². The normalized spacial score (nSPS) is 14.9. The minimum absolute atomic E-state index is 0.0665. The second-order valence-electron chi connectivity index (χ2n) is 8.71. The summed E-state index contributed by atoms with van der Waals surface area (Å²) in [4.78, 5) is 11.2. The van der Waals surface area contributed by atoms with Crippen molar-refractivity contribution in [2.45, 2.75) is 38.5 Å². The van der Waals surface area contributed by atoms with Gasteiger partial charge in [0.25, 0.3) is 0 Å². The standard InChI is InChI=1S/C29H29NO6/c31-27(32)14-15-30-25-11-5-4-10-23(25)24-13-12-22(19-26(24)30)33-16-6-7-17-34-29-20-35-28(36-29)18-21-8-2-1-3-9-21/h1-5,8-13,19-20,28H,6-7,14-18H2,(H,31,32). The van der Waals surface area contributed by atoms with Crippen LogP contribution >= 0.6 is 0 Å². The smallest absolute Gasteiger partial charge is 0.318 e. The molecule has 0 radical (unpaired) electrons. The van der Waals surface area contributed by atoms with Gasteiger partial charge in [0.1, 0.15) is 5.75 Å². The summed E-state index contributed by atoms with van der Waals surface area (Å²) in [7, 11) is 0. The molecular weight excluding hydrogens is 458 g/mol. The number of ether oxygens (including phenoxy) is 4. The van der Waals surface area contributed by atoms with Gasteiger partial charge in [-0.2, -0.15) is 0 Å². The molecule has 2 heterocycles. The molecule has 4 aromatic rings. The molecule has 186 valence electrons. The number of carbonyl (C=O) groups is 1. The van der Waals surface area contributed by atoms with Crippen LogP contribution in [-0.2, 0) is 32.0 Å². The van der Waals surface area contributed by atoms with Crippen LogP contribution in [0.25, 0.3) is 21.8 Å². The summed E-state index contributed by atoms with van der Waals surface area (Å²) in [6, 6.07) is 24.1. The summed E-state index contributed by atoms with van der Waals surface area (Å²) in [5.74, 6) is 0.367. The van der Waals surface area contributed by atoms with E-state index in [2.05, 4.69) is 10.6 Å². The molecule has 7 heteroatoms. The lowest BCUT2D eigenvalue weighted by atomic mass is 10.1. The minimum Gasteiger partial charge on any atom is -0.494 e. The molecule has 1 N–H and O–H groups in total. The number of carboxylic acid groups (broad SMARTS) is 1. The fourth-order valence-corrected chi connectivity index (χ4v) is 4.42. The molecule has 1 aliphatic heterocycles. The number of unbranched alkanes of at least 4 members (excludes halogenated alkanes) is 1. The number of aromatic nitrogens is 1. The van der Waals surface area contributed by atoms with Crippen LogP contribution in [0.4, 0.5) is 0 Å². The molecule has 1 aliphatic rings. The Hall–Kier alpha value is -4.13. The highest BCUT2D eigenvalue weighted by molar-refractivity contribution is 6.08. The molecule has 0 spiro atoms. The van der Waals surface area contributed by atoms with Crippen molar-refractivity contribution >= 4 is 27.8 Å². The Bertz CT molecular complexity index is 1360. The number of fused-ring (bicyclic) bond motifs is 3. The molecule has 1 atom stereocenters. The van der Waals surface area contributed by atoms with Crippen LogP contribution < -0.4 is 4.74 Å². The molecule has 0 fully saturated rings. The van der Waals surface area contributed by atoms with Gasteiger partial charge in [0, 0.05) is 35.3 Å². The number of carboxylic acids is 1. The monoisotopic (exact) mass is 487 g/mol. The van der Waals surface area contributed by atoms with Crippen LogP contribution in [0.2, 0.25) is 0 Å². The lowest BCUT2D eigenvalue weighted by Gasteiger charge is -2.12.